The van der Waals surface area contributed by atoms with Gasteiger partial charge < -0.3 is 9.47 Å². The first-order valence-corrected chi connectivity index (χ1v) is 10.8. The molecule has 158 valence electrons. The van der Waals surface area contributed by atoms with Crippen LogP contribution in [0.15, 0.2) is 63.5 Å². The molecule has 1 saturated heterocycles. The lowest BCUT2D eigenvalue weighted by Gasteiger charge is -2.26. The smallest absolute Gasteiger partial charge is 0.285 e. The van der Waals surface area contributed by atoms with Crippen molar-refractivity contribution < 1.29 is 14.3 Å². The molecule has 0 bridgehead atoms. The van der Waals surface area contributed by atoms with E-state index >= 15 is 0 Å². The van der Waals surface area contributed by atoms with E-state index in [9.17, 15) is 9.59 Å². The minimum absolute atomic E-state index is 0.271. The number of aromatic nitrogens is 3. The lowest BCUT2D eigenvalue weighted by Crippen LogP contribution is -2.34. The molecule has 5 rings (SSSR count). The van der Waals surface area contributed by atoms with E-state index in [0.717, 1.165) is 19.3 Å². The molecule has 31 heavy (non-hydrogen) atoms. The number of fused-ring (bicyclic) bond motifs is 2. The summed E-state index contributed by atoms with van der Waals surface area (Å²) >= 11 is 1.19. The van der Waals surface area contributed by atoms with E-state index in [2.05, 4.69) is 10.1 Å². The lowest BCUT2D eigenvalue weighted by molar-refractivity contribution is -0.0429. The van der Waals surface area contributed by atoms with E-state index in [4.69, 9.17) is 9.47 Å². The molecule has 3 aromatic rings. The number of methoxy groups -OCH3 is 1. The number of nitrogens with zero attached hydrogens (tertiary/aromatic N) is 4. The Balaban J connectivity index is 1.69. The molecule has 1 fully saturated rings. The Hall–Kier alpha value is -3.17. The average molecular weight is 436 g/mol. The first-order valence-electron chi connectivity index (χ1n) is 10.0. The SMILES string of the molecule is COc1ccc(N2C(=O)c3cccnc3Sc3c2cnn(C2CCCCO2)c3=O)cc1. The van der Waals surface area contributed by atoms with Gasteiger partial charge in [0.1, 0.15) is 15.7 Å². The molecule has 1 aromatic carbocycles. The van der Waals surface area contributed by atoms with Crippen LogP contribution in [0, 0.1) is 0 Å². The Bertz CT molecular complexity index is 1190. The highest BCUT2D eigenvalue weighted by atomic mass is 32.2. The van der Waals surface area contributed by atoms with Crippen LogP contribution in [-0.4, -0.2) is 34.4 Å². The molecule has 1 unspecified atom stereocenters. The van der Waals surface area contributed by atoms with Crippen molar-refractivity contribution in [3.8, 4) is 5.75 Å². The van der Waals surface area contributed by atoms with Gasteiger partial charge in [0.15, 0.2) is 6.23 Å². The third-order valence-corrected chi connectivity index (χ3v) is 6.45. The van der Waals surface area contributed by atoms with Crippen LogP contribution in [0.25, 0.3) is 0 Å². The van der Waals surface area contributed by atoms with Gasteiger partial charge in [-0.15, -0.1) is 0 Å². The standard InChI is InChI=1S/C22H20N4O4S/c1-29-15-9-7-14(8-10-15)25-17-13-24-26(18-6-2-3-12-30-18)22(28)19(17)31-20-16(21(25)27)5-4-11-23-20/h4-5,7-11,13,18H,2-3,6,12H2,1H3. The van der Waals surface area contributed by atoms with Crippen LogP contribution in [0.3, 0.4) is 0 Å². The van der Waals surface area contributed by atoms with Crippen molar-refractivity contribution in [1.29, 1.82) is 0 Å². The number of pyridine rings is 1. The van der Waals surface area contributed by atoms with Crippen LogP contribution in [0.4, 0.5) is 11.4 Å². The van der Waals surface area contributed by atoms with Gasteiger partial charge in [-0.05, 0) is 55.7 Å². The molecule has 4 heterocycles. The number of carbonyl (C=O) groups is 1. The summed E-state index contributed by atoms with van der Waals surface area (Å²) in [6, 6.07) is 10.5. The van der Waals surface area contributed by atoms with Gasteiger partial charge in [-0.1, -0.05) is 11.8 Å². The van der Waals surface area contributed by atoms with E-state index in [1.54, 1.807) is 55.9 Å². The van der Waals surface area contributed by atoms with Gasteiger partial charge in [0.05, 0.1) is 24.6 Å². The number of rotatable bonds is 3. The molecule has 8 nitrogen and oxygen atoms in total. The second-order valence-electron chi connectivity index (χ2n) is 7.23. The van der Waals surface area contributed by atoms with Crippen molar-refractivity contribution in [2.24, 2.45) is 0 Å². The van der Waals surface area contributed by atoms with Crippen molar-refractivity contribution in [1.82, 2.24) is 14.8 Å². The number of hydrogen-bond donors (Lipinski definition) is 0. The molecule has 9 heteroatoms. The largest absolute Gasteiger partial charge is 0.497 e. The quantitative estimate of drug-likeness (QED) is 0.617. The Morgan fingerprint density at radius 2 is 2.00 bits per heavy atom. The van der Waals surface area contributed by atoms with E-state index < -0.39 is 6.23 Å². The maximum absolute atomic E-state index is 13.5. The highest BCUT2D eigenvalue weighted by Crippen LogP contribution is 2.41. The van der Waals surface area contributed by atoms with Crippen LogP contribution >= 0.6 is 11.8 Å². The number of anilines is 2. The van der Waals surface area contributed by atoms with Crippen LogP contribution in [0.2, 0.25) is 0 Å². The summed E-state index contributed by atoms with van der Waals surface area (Å²) in [7, 11) is 1.58. The normalized spacial score (nSPS) is 18.2. The van der Waals surface area contributed by atoms with E-state index in [0.29, 0.717) is 39.2 Å². The van der Waals surface area contributed by atoms with Crippen molar-refractivity contribution >= 4 is 29.0 Å². The fourth-order valence-corrected chi connectivity index (χ4v) is 4.77. The first-order chi connectivity index (χ1) is 15.2. The summed E-state index contributed by atoms with van der Waals surface area (Å²) in [4.78, 5) is 33.3. The second kappa shape index (κ2) is 8.16. The molecule has 0 aliphatic carbocycles. The Labute approximate surface area is 182 Å². The highest BCUT2D eigenvalue weighted by molar-refractivity contribution is 7.99. The third-order valence-electron chi connectivity index (χ3n) is 5.34. The van der Waals surface area contributed by atoms with Gasteiger partial charge in [-0.3, -0.25) is 14.5 Å². The molecule has 1 atom stereocenters. The zero-order chi connectivity index (χ0) is 21.4. The molecule has 2 aliphatic rings. The fourth-order valence-electron chi connectivity index (χ4n) is 3.77. The summed E-state index contributed by atoms with van der Waals surface area (Å²) in [6.45, 7) is 0.601. The van der Waals surface area contributed by atoms with Crippen molar-refractivity contribution in [3.63, 3.8) is 0 Å². The maximum Gasteiger partial charge on any atom is 0.285 e. The lowest BCUT2D eigenvalue weighted by atomic mass is 10.2. The summed E-state index contributed by atoms with van der Waals surface area (Å²) in [5.41, 5.74) is 1.17. The Morgan fingerprint density at radius 1 is 1.16 bits per heavy atom. The molecule has 2 aromatic heterocycles. The maximum atomic E-state index is 13.5. The van der Waals surface area contributed by atoms with Crippen molar-refractivity contribution in [3.05, 3.63) is 64.7 Å². The number of amides is 1. The fraction of sp³-hybridized carbons (Fsp3) is 0.273. The predicted molar refractivity (Wildman–Crippen MR) is 115 cm³/mol. The highest BCUT2D eigenvalue weighted by Gasteiger charge is 2.33. The number of hydrogen-bond acceptors (Lipinski definition) is 7. The summed E-state index contributed by atoms with van der Waals surface area (Å²) in [5.74, 6) is 0.401. The molecular formula is C22H20N4O4S. The van der Waals surface area contributed by atoms with E-state index in [1.165, 1.54) is 21.3 Å². The third kappa shape index (κ3) is 3.49. The number of carbonyl (C=O) groups excluding carboxylic acids is 1. The topological polar surface area (TPSA) is 86.6 Å². The van der Waals surface area contributed by atoms with Crippen LogP contribution < -0.4 is 15.2 Å². The van der Waals surface area contributed by atoms with Crippen LogP contribution in [0.1, 0.15) is 35.8 Å². The Morgan fingerprint density at radius 3 is 2.74 bits per heavy atom. The van der Waals surface area contributed by atoms with Crippen LogP contribution in [0.5, 0.6) is 5.75 Å². The van der Waals surface area contributed by atoms with Crippen molar-refractivity contribution in [2.75, 3.05) is 18.6 Å². The first kappa shape index (κ1) is 19.8. The van der Waals surface area contributed by atoms with E-state index in [-0.39, 0.29) is 11.5 Å². The zero-order valence-corrected chi connectivity index (χ0v) is 17.7. The molecule has 0 N–H and O–H groups in total. The Kier molecular flexibility index (Phi) is 5.21. The monoisotopic (exact) mass is 436 g/mol. The molecule has 2 aliphatic heterocycles. The molecule has 1 amide bonds. The summed E-state index contributed by atoms with van der Waals surface area (Å²) < 4.78 is 12.4. The molecule has 0 radical (unpaired) electrons. The van der Waals surface area contributed by atoms with Gasteiger partial charge in [0.2, 0.25) is 0 Å². The zero-order valence-electron chi connectivity index (χ0n) is 16.9. The van der Waals surface area contributed by atoms with Crippen molar-refractivity contribution in [2.45, 2.75) is 35.4 Å². The van der Waals surface area contributed by atoms with Gasteiger partial charge in [0, 0.05) is 18.5 Å². The molecule has 0 spiro atoms. The van der Waals surface area contributed by atoms with E-state index in [1.807, 2.05) is 0 Å². The van der Waals surface area contributed by atoms with Crippen LogP contribution in [-0.2, 0) is 4.74 Å². The number of benzene rings is 1. The number of ether oxygens (including phenoxy) is 2. The summed E-state index contributed by atoms with van der Waals surface area (Å²) in [5, 5.41) is 4.88. The van der Waals surface area contributed by atoms with Gasteiger partial charge in [-0.25, -0.2) is 4.98 Å². The summed E-state index contributed by atoms with van der Waals surface area (Å²) in [6.07, 6.45) is 5.46. The molecular weight excluding hydrogens is 416 g/mol. The second-order valence-corrected chi connectivity index (χ2v) is 8.23. The predicted octanol–water partition coefficient (Wildman–Crippen LogP) is 3.79. The average Bonchev–Trinajstić information content (AvgIpc) is 2.95. The van der Waals surface area contributed by atoms with Gasteiger partial charge >= 0.3 is 0 Å². The minimum atomic E-state index is -0.399. The van der Waals surface area contributed by atoms with Gasteiger partial charge in [-0.2, -0.15) is 9.78 Å². The minimum Gasteiger partial charge on any atom is -0.497 e. The van der Waals surface area contributed by atoms with Gasteiger partial charge in [0.25, 0.3) is 11.5 Å². The molecule has 0 saturated carbocycles.